The first-order valence-electron chi connectivity index (χ1n) is 12.1. The number of nitriles is 1. The molecule has 1 amide bonds. The maximum Gasteiger partial charge on any atom is 0.267 e. The van der Waals surface area contributed by atoms with Crippen molar-refractivity contribution in [1.29, 1.82) is 5.26 Å². The molecule has 5 rings (SSSR count). The molecule has 1 saturated carbocycles. The topological polar surface area (TPSA) is 90.5 Å². The van der Waals surface area contributed by atoms with Gasteiger partial charge in [0.25, 0.3) is 11.5 Å². The molecule has 7 heteroatoms. The van der Waals surface area contributed by atoms with Gasteiger partial charge in [0.05, 0.1) is 17.3 Å². The van der Waals surface area contributed by atoms with Crippen molar-refractivity contribution in [2.75, 3.05) is 13.1 Å². The average Bonchev–Trinajstić information content (AvgIpc) is 3.40. The summed E-state index contributed by atoms with van der Waals surface area (Å²) in [4.78, 5) is 32.9. The van der Waals surface area contributed by atoms with E-state index in [0.717, 1.165) is 55.5 Å². The zero-order chi connectivity index (χ0) is 23.5. The molecule has 0 aromatic carbocycles. The number of likely N-dealkylation sites (tertiary alicyclic amines) is 1. The van der Waals surface area contributed by atoms with E-state index in [1.54, 1.807) is 22.9 Å². The maximum absolute atomic E-state index is 13.1. The predicted molar refractivity (Wildman–Crippen MR) is 129 cm³/mol. The number of pyridine rings is 3. The first kappa shape index (κ1) is 22.3. The highest BCUT2D eigenvalue weighted by atomic mass is 16.2. The largest absolute Gasteiger partial charge is 0.349 e. The summed E-state index contributed by atoms with van der Waals surface area (Å²) in [5.41, 5.74) is 1.93. The molecule has 0 bridgehead atoms. The smallest absolute Gasteiger partial charge is 0.267 e. The van der Waals surface area contributed by atoms with E-state index in [0.29, 0.717) is 19.4 Å². The third kappa shape index (κ3) is 4.22. The molecule has 3 aromatic heterocycles. The van der Waals surface area contributed by atoms with E-state index in [9.17, 15) is 14.9 Å². The van der Waals surface area contributed by atoms with Crippen molar-refractivity contribution in [3.63, 3.8) is 0 Å². The zero-order valence-electron chi connectivity index (χ0n) is 19.2. The highest BCUT2D eigenvalue weighted by Crippen LogP contribution is 2.34. The lowest BCUT2D eigenvalue weighted by atomic mass is 9.76. The second-order valence-corrected chi connectivity index (χ2v) is 9.48. The molecule has 4 heterocycles. The second-order valence-electron chi connectivity index (χ2n) is 9.48. The first-order chi connectivity index (χ1) is 16.6. The molecule has 0 unspecified atom stereocenters. The van der Waals surface area contributed by atoms with Gasteiger partial charge in [-0.25, -0.2) is 0 Å². The number of nitrogens with one attached hydrogen (secondary N) is 1. The molecule has 1 saturated heterocycles. The minimum atomic E-state index is -0.570. The summed E-state index contributed by atoms with van der Waals surface area (Å²) in [5.74, 6) is -0.284. The minimum absolute atomic E-state index is 0.152. The van der Waals surface area contributed by atoms with Gasteiger partial charge < -0.3 is 5.32 Å². The Morgan fingerprint density at radius 2 is 1.91 bits per heavy atom. The third-order valence-corrected chi connectivity index (χ3v) is 7.36. The van der Waals surface area contributed by atoms with Gasteiger partial charge in [-0.3, -0.25) is 23.9 Å². The lowest BCUT2D eigenvalue weighted by Gasteiger charge is -2.37. The molecule has 1 aliphatic carbocycles. The number of hydrogen-bond donors (Lipinski definition) is 1. The Kier molecular flexibility index (Phi) is 6.16. The summed E-state index contributed by atoms with van der Waals surface area (Å²) < 4.78 is 1.58. The fraction of sp³-hybridized carbons (Fsp3) is 0.407. The van der Waals surface area contributed by atoms with Gasteiger partial charge in [0, 0.05) is 38.1 Å². The van der Waals surface area contributed by atoms with Crippen LogP contribution in [0.5, 0.6) is 0 Å². The molecule has 174 valence electrons. The molecule has 34 heavy (non-hydrogen) atoms. The van der Waals surface area contributed by atoms with E-state index in [-0.39, 0.29) is 23.1 Å². The van der Waals surface area contributed by atoms with Gasteiger partial charge >= 0.3 is 0 Å². The monoisotopic (exact) mass is 455 g/mol. The number of fused-ring (bicyclic) bond motifs is 1. The van der Waals surface area contributed by atoms with E-state index >= 15 is 0 Å². The summed E-state index contributed by atoms with van der Waals surface area (Å²) in [7, 11) is 0. The Morgan fingerprint density at radius 1 is 1.15 bits per heavy atom. The quantitative estimate of drug-likeness (QED) is 0.637. The number of carbonyl (C=O) groups excluding carboxylic acids is 1. The van der Waals surface area contributed by atoms with Crippen molar-refractivity contribution in [2.24, 2.45) is 0 Å². The van der Waals surface area contributed by atoms with Crippen molar-refractivity contribution in [3.8, 4) is 6.07 Å². The molecule has 7 nitrogen and oxygen atoms in total. The number of aromatic nitrogens is 2. The minimum Gasteiger partial charge on any atom is -0.349 e. The Morgan fingerprint density at radius 3 is 2.62 bits per heavy atom. The van der Waals surface area contributed by atoms with Crippen LogP contribution in [0.15, 0.2) is 59.7 Å². The highest BCUT2D eigenvalue weighted by Gasteiger charge is 2.37. The Hall–Kier alpha value is -3.50. The number of piperidine rings is 1. The van der Waals surface area contributed by atoms with Gasteiger partial charge in [0.2, 0.25) is 0 Å². The van der Waals surface area contributed by atoms with Crippen LogP contribution in [0.1, 0.15) is 60.1 Å². The Labute approximate surface area is 199 Å². The summed E-state index contributed by atoms with van der Waals surface area (Å²) in [6.07, 6.45) is 9.03. The van der Waals surface area contributed by atoms with Gasteiger partial charge in [0.1, 0.15) is 11.0 Å². The molecule has 1 N–H and O–H groups in total. The van der Waals surface area contributed by atoms with Crippen LogP contribution in [0.25, 0.3) is 5.52 Å². The number of rotatable bonds is 5. The van der Waals surface area contributed by atoms with E-state index in [2.05, 4.69) is 21.3 Å². The molecule has 3 aromatic rings. The fourth-order valence-corrected chi connectivity index (χ4v) is 5.35. The average molecular weight is 456 g/mol. The lowest BCUT2D eigenvalue weighted by molar-refractivity contribution is 0.0936. The van der Waals surface area contributed by atoms with Gasteiger partial charge in [-0.05, 0) is 61.6 Å². The number of amides is 1. The van der Waals surface area contributed by atoms with Crippen LogP contribution in [0.2, 0.25) is 0 Å². The van der Waals surface area contributed by atoms with Gasteiger partial charge in [-0.1, -0.05) is 25.0 Å². The molecular formula is C27H29N5O2. The Bertz CT molecular complexity index is 1280. The zero-order valence-corrected chi connectivity index (χ0v) is 19.2. The van der Waals surface area contributed by atoms with Gasteiger partial charge in [-0.15, -0.1) is 0 Å². The summed E-state index contributed by atoms with van der Waals surface area (Å²) in [5, 5.41) is 13.0. The van der Waals surface area contributed by atoms with Crippen LogP contribution in [0.3, 0.4) is 0 Å². The summed E-state index contributed by atoms with van der Waals surface area (Å²) in [6, 6.07) is 15.8. The van der Waals surface area contributed by atoms with E-state index in [4.69, 9.17) is 0 Å². The highest BCUT2D eigenvalue weighted by molar-refractivity contribution is 5.94. The van der Waals surface area contributed by atoms with Crippen molar-refractivity contribution in [2.45, 2.75) is 56.5 Å². The Balaban J connectivity index is 1.39. The third-order valence-electron chi connectivity index (χ3n) is 7.36. The normalized spacial score (nSPS) is 18.6. The molecule has 1 aliphatic heterocycles. The van der Waals surface area contributed by atoms with Gasteiger partial charge in [0.15, 0.2) is 0 Å². The van der Waals surface area contributed by atoms with Crippen molar-refractivity contribution in [3.05, 3.63) is 82.0 Å². The summed E-state index contributed by atoms with van der Waals surface area (Å²) in [6.45, 7) is 2.10. The predicted octanol–water partition coefficient (Wildman–Crippen LogP) is 3.42. The molecule has 0 radical (unpaired) electrons. The molecular weight excluding hydrogens is 426 g/mol. The lowest BCUT2D eigenvalue weighted by Crippen LogP contribution is -2.42. The second kappa shape index (κ2) is 9.40. The maximum atomic E-state index is 13.1. The van der Waals surface area contributed by atoms with Crippen LogP contribution in [0, 0.1) is 11.3 Å². The summed E-state index contributed by atoms with van der Waals surface area (Å²) >= 11 is 0. The first-order valence-corrected chi connectivity index (χ1v) is 12.1. The van der Waals surface area contributed by atoms with Crippen LogP contribution in [-0.4, -0.2) is 39.3 Å². The van der Waals surface area contributed by atoms with Gasteiger partial charge in [-0.2, -0.15) is 5.26 Å². The fourth-order valence-electron chi connectivity index (χ4n) is 5.35. The van der Waals surface area contributed by atoms with E-state index in [1.807, 2.05) is 36.4 Å². The van der Waals surface area contributed by atoms with Crippen LogP contribution < -0.4 is 10.9 Å². The number of hydrogen-bond acceptors (Lipinski definition) is 5. The molecule has 2 aliphatic rings. The molecule has 2 fully saturated rings. The van der Waals surface area contributed by atoms with E-state index < -0.39 is 5.41 Å². The van der Waals surface area contributed by atoms with Crippen LogP contribution in [0.4, 0.5) is 0 Å². The number of carbonyl (C=O) groups is 1. The molecule has 0 atom stereocenters. The van der Waals surface area contributed by atoms with Crippen molar-refractivity contribution < 1.29 is 4.79 Å². The van der Waals surface area contributed by atoms with Crippen molar-refractivity contribution >= 4 is 11.4 Å². The number of nitrogens with zero attached hydrogens (tertiary/aromatic N) is 4. The van der Waals surface area contributed by atoms with Crippen LogP contribution >= 0.6 is 0 Å². The molecule has 0 spiro atoms. The standard InChI is InChI=1S/C27H29N5O2/c28-19-27(24-10-3-5-13-29-24)11-15-31(16-12-27)18-20-17-22(25(33)30-21-7-1-2-8-21)26(34)32-14-6-4-9-23(20)32/h3-6,9-10,13-14,17,21H,1-2,7-8,11-12,15-16,18H2,(H,30,33). The van der Waals surface area contributed by atoms with E-state index in [1.165, 1.54) is 0 Å². The SMILES string of the molecule is N#CC1(c2ccccn2)CCN(Cc2cc(C(=O)NC3CCCC3)c(=O)n3ccccc23)CC1. The van der Waals surface area contributed by atoms with Crippen LogP contribution in [-0.2, 0) is 12.0 Å². The van der Waals surface area contributed by atoms with Crippen molar-refractivity contribution in [1.82, 2.24) is 19.6 Å².